The monoisotopic (exact) mass is 444 g/mol. The Morgan fingerprint density at radius 3 is 2.48 bits per heavy atom. The number of hydrogen-bond acceptors (Lipinski definition) is 4. The number of anilines is 1. The summed E-state index contributed by atoms with van der Waals surface area (Å²) in [6.07, 6.45) is 4.10. The van der Waals surface area contributed by atoms with Crippen LogP contribution in [0.15, 0.2) is 23.0 Å². The molecule has 4 N–H and O–H groups in total. The highest BCUT2D eigenvalue weighted by atomic mass is 35.5. The van der Waals surface area contributed by atoms with Crippen LogP contribution in [-0.4, -0.2) is 29.5 Å². The van der Waals surface area contributed by atoms with E-state index in [0.29, 0.717) is 22.2 Å². The number of aryl methyl sites for hydroxylation is 2. The van der Waals surface area contributed by atoms with E-state index in [9.17, 15) is 9.59 Å². The van der Waals surface area contributed by atoms with Gasteiger partial charge in [-0.15, -0.1) is 0 Å². The van der Waals surface area contributed by atoms with Gasteiger partial charge in [0.15, 0.2) is 0 Å². The van der Waals surface area contributed by atoms with Crippen molar-refractivity contribution in [3.05, 3.63) is 61.5 Å². The Kier molecular flexibility index (Phi) is 7.44. The first-order chi connectivity index (χ1) is 14.7. The van der Waals surface area contributed by atoms with E-state index in [1.165, 1.54) is 0 Å². The minimum absolute atomic E-state index is 0.166. The summed E-state index contributed by atoms with van der Waals surface area (Å²) in [7, 11) is 0. The van der Waals surface area contributed by atoms with Crippen molar-refractivity contribution in [3.63, 3.8) is 0 Å². The maximum Gasteiger partial charge on any atom is 0.253 e. The molecule has 1 heterocycles. The number of nitrogens with one attached hydrogen (secondary N) is 2. The molecule has 7 heteroatoms. The van der Waals surface area contributed by atoms with Gasteiger partial charge in [0.1, 0.15) is 0 Å². The zero-order valence-corrected chi connectivity index (χ0v) is 19.6. The highest BCUT2D eigenvalue weighted by Crippen LogP contribution is 2.33. The van der Waals surface area contributed by atoms with Crippen LogP contribution in [0.25, 0.3) is 0 Å². The van der Waals surface area contributed by atoms with E-state index in [0.717, 1.165) is 54.7 Å². The Morgan fingerprint density at radius 1 is 1.19 bits per heavy atom. The number of halogens is 1. The van der Waals surface area contributed by atoms with Crippen molar-refractivity contribution in [1.29, 1.82) is 0 Å². The van der Waals surface area contributed by atoms with Crippen LogP contribution in [0.2, 0.25) is 5.02 Å². The molecule has 1 aliphatic rings. The zero-order chi connectivity index (χ0) is 22.7. The molecule has 1 saturated carbocycles. The molecule has 0 radical (unpaired) electrons. The number of nitrogens with two attached hydrogens (primary N) is 1. The topological polar surface area (TPSA) is 91.2 Å². The molecule has 1 amide bonds. The number of carbonyl (C=O) groups excluding carboxylic acids is 1. The summed E-state index contributed by atoms with van der Waals surface area (Å²) in [6, 6.07) is 6.23. The fourth-order valence-corrected chi connectivity index (χ4v) is 4.81. The molecule has 0 spiro atoms. The van der Waals surface area contributed by atoms with E-state index in [2.05, 4.69) is 22.1 Å². The molecular formula is C24H33ClN4O2. The van der Waals surface area contributed by atoms with E-state index in [-0.39, 0.29) is 24.1 Å². The third kappa shape index (κ3) is 5.31. The van der Waals surface area contributed by atoms with Gasteiger partial charge in [-0.05, 0) is 82.7 Å². The average molecular weight is 445 g/mol. The van der Waals surface area contributed by atoms with Gasteiger partial charge in [-0.25, -0.2) is 0 Å². The standard InChI is InChI=1S/C24H33ClN4O2/c1-5-29(19-8-6-18(26)7-9-19)22-12-17(25)11-20(16(22)4)23(30)27-13-21-14(2)10-15(3)28-24(21)31/h10-12,18-19H,5-9,13,26H2,1-4H3,(H,27,30)(H,28,31)/t18-,19-. The Labute approximate surface area is 189 Å². The number of hydrogen-bond donors (Lipinski definition) is 3. The van der Waals surface area contributed by atoms with Crippen LogP contribution in [0.3, 0.4) is 0 Å². The van der Waals surface area contributed by atoms with Gasteiger partial charge in [0.05, 0.1) is 0 Å². The van der Waals surface area contributed by atoms with Crippen molar-refractivity contribution >= 4 is 23.2 Å². The van der Waals surface area contributed by atoms with E-state index in [1.807, 2.05) is 32.9 Å². The molecule has 1 aromatic heterocycles. The molecule has 2 aromatic rings. The van der Waals surface area contributed by atoms with Crippen LogP contribution < -0.4 is 21.5 Å². The Morgan fingerprint density at radius 2 is 1.87 bits per heavy atom. The molecule has 1 aromatic carbocycles. The smallest absolute Gasteiger partial charge is 0.253 e. The van der Waals surface area contributed by atoms with E-state index in [1.54, 1.807) is 6.07 Å². The number of nitrogens with zero attached hydrogens (tertiary/aromatic N) is 1. The third-order valence-corrected chi connectivity index (χ3v) is 6.56. The predicted octanol–water partition coefficient (Wildman–Crippen LogP) is 3.98. The molecule has 0 saturated heterocycles. The molecule has 0 aliphatic heterocycles. The van der Waals surface area contributed by atoms with Crippen molar-refractivity contribution in [2.75, 3.05) is 11.4 Å². The summed E-state index contributed by atoms with van der Waals surface area (Å²) in [5.74, 6) is -0.234. The van der Waals surface area contributed by atoms with Gasteiger partial charge in [0.25, 0.3) is 11.5 Å². The quantitative estimate of drug-likeness (QED) is 0.628. The van der Waals surface area contributed by atoms with Gasteiger partial charge < -0.3 is 20.9 Å². The van der Waals surface area contributed by atoms with Crippen molar-refractivity contribution in [3.8, 4) is 0 Å². The molecule has 0 unspecified atom stereocenters. The number of carbonyl (C=O) groups is 1. The van der Waals surface area contributed by atoms with Crippen molar-refractivity contribution in [2.24, 2.45) is 5.73 Å². The average Bonchev–Trinajstić information content (AvgIpc) is 2.71. The number of aromatic amines is 1. The second-order valence-electron chi connectivity index (χ2n) is 8.58. The number of rotatable bonds is 6. The largest absolute Gasteiger partial charge is 0.369 e. The summed E-state index contributed by atoms with van der Waals surface area (Å²) in [5, 5.41) is 3.43. The van der Waals surface area contributed by atoms with Gasteiger partial charge in [0.2, 0.25) is 0 Å². The summed E-state index contributed by atoms with van der Waals surface area (Å²) in [5.41, 5.74) is 10.6. The van der Waals surface area contributed by atoms with Crippen molar-refractivity contribution < 1.29 is 4.79 Å². The van der Waals surface area contributed by atoms with Crippen LogP contribution in [0.1, 0.15) is 65.3 Å². The molecule has 6 nitrogen and oxygen atoms in total. The van der Waals surface area contributed by atoms with E-state index >= 15 is 0 Å². The van der Waals surface area contributed by atoms with Crippen LogP contribution in [0.4, 0.5) is 5.69 Å². The predicted molar refractivity (Wildman–Crippen MR) is 127 cm³/mol. The minimum Gasteiger partial charge on any atom is -0.369 e. The zero-order valence-electron chi connectivity index (χ0n) is 18.8. The molecule has 31 heavy (non-hydrogen) atoms. The lowest BCUT2D eigenvalue weighted by molar-refractivity contribution is 0.0950. The highest BCUT2D eigenvalue weighted by molar-refractivity contribution is 6.31. The van der Waals surface area contributed by atoms with E-state index in [4.69, 9.17) is 17.3 Å². The van der Waals surface area contributed by atoms with Gasteiger partial charge in [-0.2, -0.15) is 0 Å². The van der Waals surface area contributed by atoms with Crippen LogP contribution in [0.5, 0.6) is 0 Å². The van der Waals surface area contributed by atoms with Crippen LogP contribution >= 0.6 is 11.6 Å². The second kappa shape index (κ2) is 9.88. The van der Waals surface area contributed by atoms with Gasteiger partial charge >= 0.3 is 0 Å². The lowest BCUT2D eigenvalue weighted by Crippen LogP contribution is -2.41. The Balaban J connectivity index is 1.84. The lowest BCUT2D eigenvalue weighted by Gasteiger charge is -2.38. The molecule has 0 atom stereocenters. The lowest BCUT2D eigenvalue weighted by atomic mass is 9.90. The van der Waals surface area contributed by atoms with Gasteiger partial charge in [0, 0.05) is 52.7 Å². The number of H-pyrrole nitrogens is 1. The maximum atomic E-state index is 13.0. The Hall–Kier alpha value is -2.31. The summed E-state index contributed by atoms with van der Waals surface area (Å²) in [4.78, 5) is 30.5. The third-order valence-electron chi connectivity index (χ3n) is 6.34. The van der Waals surface area contributed by atoms with Gasteiger partial charge in [-0.1, -0.05) is 11.6 Å². The second-order valence-corrected chi connectivity index (χ2v) is 9.01. The number of aromatic nitrogens is 1. The van der Waals surface area contributed by atoms with E-state index < -0.39 is 0 Å². The maximum absolute atomic E-state index is 13.0. The fraction of sp³-hybridized carbons (Fsp3) is 0.500. The molecule has 0 bridgehead atoms. The first-order valence-corrected chi connectivity index (χ1v) is 11.4. The number of pyridine rings is 1. The summed E-state index contributed by atoms with van der Waals surface area (Å²) < 4.78 is 0. The number of benzene rings is 1. The highest BCUT2D eigenvalue weighted by Gasteiger charge is 2.26. The van der Waals surface area contributed by atoms with Gasteiger partial charge in [-0.3, -0.25) is 9.59 Å². The first-order valence-electron chi connectivity index (χ1n) is 11.0. The first kappa shape index (κ1) is 23.4. The normalized spacial score (nSPS) is 18.6. The fourth-order valence-electron chi connectivity index (χ4n) is 4.60. The van der Waals surface area contributed by atoms with Crippen LogP contribution in [-0.2, 0) is 6.54 Å². The molecular weight excluding hydrogens is 412 g/mol. The summed E-state index contributed by atoms with van der Waals surface area (Å²) >= 11 is 6.43. The SMILES string of the molecule is CCN(c1cc(Cl)cc(C(=O)NCc2c(C)cc(C)[nH]c2=O)c1C)[C@H]1CC[C@H](N)CC1. The molecule has 1 aliphatic carbocycles. The summed E-state index contributed by atoms with van der Waals surface area (Å²) in [6.45, 7) is 8.80. The number of amides is 1. The van der Waals surface area contributed by atoms with Crippen molar-refractivity contribution in [2.45, 2.75) is 72.0 Å². The van der Waals surface area contributed by atoms with Crippen LogP contribution in [0, 0.1) is 20.8 Å². The van der Waals surface area contributed by atoms with Crippen molar-refractivity contribution in [1.82, 2.24) is 10.3 Å². The molecule has 168 valence electrons. The molecule has 1 fully saturated rings. The Bertz CT molecular complexity index is 1010. The molecule has 3 rings (SSSR count). The minimum atomic E-state index is -0.234.